The summed E-state index contributed by atoms with van der Waals surface area (Å²) in [7, 11) is 0. The average molecular weight is 657 g/mol. The molecule has 50 heavy (non-hydrogen) atoms. The summed E-state index contributed by atoms with van der Waals surface area (Å²) in [5.74, 6) is 1.96. The van der Waals surface area contributed by atoms with Crippen LogP contribution in [-0.2, 0) is 0 Å². The van der Waals surface area contributed by atoms with Gasteiger partial charge in [-0.25, -0.2) is 15.0 Å². The third kappa shape index (κ3) is 4.79. The van der Waals surface area contributed by atoms with Crippen LogP contribution >= 0.6 is 11.3 Å². The van der Waals surface area contributed by atoms with Crippen LogP contribution in [-0.4, -0.2) is 19.5 Å². The van der Waals surface area contributed by atoms with E-state index >= 15 is 0 Å². The lowest BCUT2D eigenvalue weighted by atomic mass is 10.0. The molecule has 7 aromatic carbocycles. The molecule has 3 heterocycles. The zero-order valence-corrected chi connectivity index (χ0v) is 27.7. The van der Waals surface area contributed by atoms with Crippen molar-refractivity contribution in [1.29, 1.82) is 0 Å². The molecule has 0 aliphatic heterocycles. The van der Waals surface area contributed by atoms with E-state index in [4.69, 9.17) is 15.0 Å². The molecule has 5 heteroatoms. The van der Waals surface area contributed by atoms with Gasteiger partial charge in [0.15, 0.2) is 17.5 Å². The molecule has 0 radical (unpaired) electrons. The summed E-state index contributed by atoms with van der Waals surface area (Å²) in [4.78, 5) is 15.2. The van der Waals surface area contributed by atoms with Crippen LogP contribution in [0.3, 0.4) is 0 Å². The Bertz CT molecular complexity index is 2870. The maximum atomic E-state index is 5.11. The molecule has 10 aromatic rings. The molecule has 0 amide bonds. The Morgan fingerprint density at radius 3 is 1.70 bits per heavy atom. The standard InChI is InChI=1S/C45H28N4S/c1-3-12-29(13-4-1)43-46-44(48-45(47-43)33-23-25-38-37-19-8-10-21-41(37)50-42(38)28-33)32-15-11-14-30(26-32)31-22-24-36-35-18-7-9-20-39(35)49(40(36)27-31)34-16-5-2-6-17-34/h1-28H. The Morgan fingerprint density at radius 2 is 0.880 bits per heavy atom. The first kappa shape index (κ1) is 28.6. The number of hydrogen-bond acceptors (Lipinski definition) is 4. The van der Waals surface area contributed by atoms with Gasteiger partial charge in [-0.1, -0.05) is 127 Å². The number of nitrogens with zero attached hydrogens (tertiary/aromatic N) is 4. The molecule has 0 N–H and O–H groups in total. The molecular weight excluding hydrogens is 629 g/mol. The van der Waals surface area contributed by atoms with Crippen LogP contribution in [0.15, 0.2) is 170 Å². The van der Waals surface area contributed by atoms with E-state index in [2.05, 4.69) is 156 Å². The van der Waals surface area contributed by atoms with Gasteiger partial charge in [0.25, 0.3) is 0 Å². The molecule has 10 rings (SSSR count). The summed E-state index contributed by atoms with van der Waals surface area (Å²) in [6.07, 6.45) is 0. The zero-order valence-electron chi connectivity index (χ0n) is 26.9. The fraction of sp³-hybridized carbons (Fsp3) is 0. The maximum absolute atomic E-state index is 5.11. The number of fused-ring (bicyclic) bond motifs is 6. The lowest BCUT2D eigenvalue weighted by Crippen LogP contribution is -2.00. The summed E-state index contributed by atoms with van der Waals surface area (Å²) in [6.45, 7) is 0. The van der Waals surface area contributed by atoms with Crippen LogP contribution in [0.25, 0.3) is 93.0 Å². The predicted molar refractivity (Wildman–Crippen MR) is 209 cm³/mol. The lowest BCUT2D eigenvalue weighted by Gasteiger charge is -2.11. The van der Waals surface area contributed by atoms with Crippen molar-refractivity contribution in [3.63, 3.8) is 0 Å². The van der Waals surface area contributed by atoms with Crippen LogP contribution in [0.4, 0.5) is 0 Å². The van der Waals surface area contributed by atoms with Crippen LogP contribution in [0.2, 0.25) is 0 Å². The van der Waals surface area contributed by atoms with Crippen molar-refractivity contribution in [2.24, 2.45) is 0 Å². The minimum atomic E-state index is 0.645. The van der Waals surface area contributed by atoms with E-state index in [0.717, 1.165) is 33.5 Å². The topological polar surface area (TPSA) is 43.6 Å². The maximum Gasteiger partial charge on any atom is 0.164 e. The zero-order chi connectivity index (χ0) is 33.0. The number of hydrogen-bond donors (Lipinski definition) is 0. The highest BCUT2D eigenvalue weighted by Crippen LogP contribution is 2.38. The van der Waals surface area contributed by atoms with E-state index in [9.17, 15) is 0 Å². The Morgan fingerprint density at radius 1 is 0.340 bits per heavy atom. The van der Waals surface area contributed by atoms with Crippen molar-refractivity contribution in [3.05, 3.63) is 170 Å². The van der Waals surface area contributed by atoms with Gasteiger partial charge < -0.3 is 4.57 Å². The van der Waals surface area contributed by atoms with E-state index in [1.54, 1.807) is 11.3 Å². The predicted octanol–water partition coefficient (Wildman–Crippen LogP) is 12.0. The molecular formula is C45H28N4S. The van der Waals surface area contributed by atoms with Crippen molar-refractivity contribution in [3.8, 4) is 51.0 Å². The second-order valence-electron chi connectivity index (χ2n) is 12.5. The smallest absolute Gasteiger partial charge is 0.164 e. The minimum absolute atomic E-state index is 0.645. The van der Waals surface area contributed by atoms with Crippen molar-refractivity contribution in [2.75, 3.05) is 0 Å². The normalized spacial score (nSPS) is 11.6. The Hall–Kier alpha value is -6.43. The van der Waals surface area contributed by atoms with Crippen molar-refractivity contribution < 1.29 is 0 Å². The first-order valence-electron chi connectivity index (χ1n) is 16.7. The number of benzene rings is 7. The fourth-order valence-corrected chi connectivity index (χ4v) is 8.20. The Kier molecular flexibility index (Phi) is 6.64. The van der Waals surface area contributed by atoms with E-state index in [1.807, 2.05) is 18.2 Å². The number of para-hydroxylation sites is 2. The van der Waals surface area contributed by atoms with Gasteiger partial charge in [0.1, 0.15) is 0 Å². The number of rotatable bonds is 5. The highest BCUT2D eigenvalue weighted by atomic mass is 32.1. The first-order valence-corrected chi connectivity index (χ1v) is 17.5. The molecule has 4 nitrogen and oxygen atoms in total. The van der Waals surface area contributed by atoms with Crippen molar-refractivity contribution in [1.82, 2.24) is 19.5 Å². The molecule has 0 saturated heterocycles. The Labute approximate surface area is 292 Å². The fourth-order valence-electron chi connectivity index (χ4n) is 7.06. The molecule has 0 unspecified atom stereocenters. The number of aromatic nitrogens is 4. The highest BCUT2D eigenvalue weighted by Gasteiger charge is 2.16. The largest absolute Gasteiger partial charge is 0.309 e. The Balaban J connectivity index is 1.12. The lowest BCUT2D eigenvalue weighted by molar-refractivity contribution is 1.07. The van der Waals surface area contributed by atoms with E-state index in [1.165, 1.54) is 42.0 Å². The summed E-state index contributed by atoms with van der Waals surface area (Å²) in [5.41, 5.74) is 8.61. The molecule has 3 aromatic heterocycles. The van der Waals surface area contributed by atoms with E-state index in [0.29, 0.717) is 17.5 Å². The van der Waals surface area contributed by atoms with Gasteiger partial charge in [0, 0.05) is 53.3 Å². The molecule has 0 spiro atoms. The summed E-state index contributed by atoms with van der Waals surface area (Å²) in [6, 6.07) is 59.8. The molecule has 234 valence electrons. The second-order valence-corrected chi connectivity index (χ2v) is 13.6. The van der Waals surface area contributed by atoms with Crippen LogP contribution < -0.4 is 0 Å². The summed E-state index contributed by atoms with van der Waals surface area (Å²) < 4.78 is 4.85. The van der Waals surface area contributed by atoms with Crippen molar-refractivity contribution >= 4 is 53.3 Å². The SMILES string of the molecule is c1ccc(-c2nc(-c3cccc(-c4ccc5c6ccccc6n(-c6ccccc6)c5c4)c3)nc(-c3ccc4c(c3)sc3ccccc34)n2)cc1. The third-order valence-electron chi connectivity index (χ3n) is 9.45. The van der Waals surface area contributed by atoms with Gasteiger partial charge in [-0.05, 0) is 53.6 Å². The van der Waals surface area contributed by atoms with Gasteiger partial charge in [-0.2, -0.15) is 0 Å². The number of thiophene rings is 1. The van der Waals surface area contributed by atoms with Crippen molar-refractivity contribution in [2.45, 2.75) is 0 Å². The van der Waals surface area contributed by atoms with Gasteiger partial charge in [0.2, 0.25) is 0 Å². The first-order chi connectivity index (χ1) is 24.8. The third-order valence-corrected chi connectivity index (χ3v) is 10.6. The minimum Gasteiger partial charge on any atom is -0.309 e. The molecule has 0 bridgehead atoms. The van der Waals surface area contributed by atoms with Gasteiger partial charge in [0.05, 0.1) is 11.0 Å². The quantitative estimate of drug-likeness (QED) is 0.185. The average Bonchev–Trinajstić information content (AvgIpc) is 3.73. The van der Waals surface area contributed by atoms with Gasteiger partial charge in [-0.15, -0.1) is 11.3 Å². The van der Waals surface area contributed by atoms with E-state index < -0.39 is 0 Å². The summed E-state index contributed by atoms with van der Waals surface area (Å²) >= 11 is 1.80. The molecule has 0 aliphatic rings. The van der Waals surface area contributed by atoms with Gasteiger partial charge >= 0.3 is 0 Å². The highest BCUT2D eigenvalue weighted by molar-refractivity contribution is 7.25. The summed E-state index contributed by atoms with van der Waals surface area (Å²) in [5, 5.41) is 5.00. The second kappa shape index (κ2) is 11.6. The monoisotopic (exact) mass is 656 g/mol. The molecule has 0 fully saturated rings. The van der Waals surface area contributed by atoms with Gasteiger partial charge in [-0.3, -0.25) is 0 Å². The van der Waals surface area contributed by atoms with Crippen LogP contribution in [0.5, 0.6) is 0 Å². The molecule has 0 atom stereocenters. The van der Waals surface area contributed by atoms with Crippen LogP contribution in [0, 0.1) is 0 Å². The molecule has 0 aliphatic carbocycles. The van der Waals surface area contributed by atoms with Crippen LogP contribution in [0.1, 0.15) is 0 Å². The molecule has 0 saturated carbocycles. The van der Waals surface area contributed by atoms with E-state index in [-0.39, 0.29) is 0 Å².